The summed E-state index contributed by atoms with van der Waals surface area (Å²) in [6, 6.07) is 10.9. The van der Waals surface area contributed by atoms with Crippen LogP contribution in [0.15, 0.2) is 55.1 Å². The third-order valence-electron chi connectivity index (χ3n) is 4.02. The van der Waals surface area contributed by atoms with Gasteiger partial charge in [0.2, 0.25) is 0 Å². The smallest absolute Gasteiger partial charge is 0.270 e. The van der Waals surface area contributed by atoms with Crippen LogP contribution in [-0.2, 0) is 13.1 Å². The Morgan fingerprint density at radius 2 is 1.71 bits per heavy atom. The van der Waals surface area contributed by atoms with Crippen LogP contribution < -0.4 is 20.1 Å². The highest BCUT2D eigenvalue weighted by atomic mass is 16.5. The van der Waals surface area contributed by atoms with Gasteiger partial charge in [-0.2, -0.15) is 0 Å². The number of hydrogen-bond donors (Lipinski definition) is 2. The van der Waals surface area contributed by atoms with E-state index in [9.17, 15) is 4.79 Å². The van der Waals surface area contributed by atoms with Gasteiger partial charge in [0.1, 0.15) is 17.8 Å². The van der Waals surface area contributed by atoms with Crippen LogP contribution in [0, 0.1) is 0 Å². The number of pyridine rings is 1. The Balaban J connectivity index is 1.60. The molecule has 8 nitrogen and oxygen atoms in total. The van der Waals surface area contributed by atoms with E-state index in [0.717, 1.165) is 11.1 Å². The van der Waals surface area contributed by atoms with E-state index in [4.69, 9.17) is 9.47 Å². The Morgan fingerprint density at radius 3 is 2.46 bits per heavy atom. The molecule has 1 amide bonds. The molecule has 2 N–H and O–H groups in total. The molecule has 0 radical (unpaired) electrons. The molecule has 28 heavy (non-hydrogen) atoms. The first kappa shape index (κ1) is 19.1. The molecule has 1 aromatic carbocycles. The van der Waals surface area contributed by atoms with Gasteiger partial charge < -0.3 is 20.1 Å². The van der Waals surface area contributed by atoms with Gasteiger partial charge in [-0.25, -0.2) is 9.97 Å². The van der Waals surface area contributed by atoms with Crippen molar-refractivity contribution in [3.63, 3.8) is 0 Å². The zero-order valence-corrected chi connectivity index (χ0v) is 15.7. The van der Waals surface area contributed by atoms with Crippen LogP contribution in [-0.4, -0.2) is 35.1 Å². The SMILES string of the molecule is COc1ccc(CNC(=O)c2cc(NCc3ccncc3)ncn2)cc1OC. The van der Waals surface area contributed by atoms with Crippen molar-refractivity contribution in [3.05, 3.63) is 71.9 Å². The number of hydrogen-bond acceptors (Lipinski definition) is 7. The molecule has 8 heteroatoms. The number of ether oxygens (including phenoxy) is 2. The summed E-state index contributed by atoms with van der Waals surface area (Å²) in [5.74, 6) is 1.53. The fourth-order valence-corrected chi connectivity index (χ4v) is 2.53. The number of anilines is 1. The summed E-state index contributed by atoms with van der Waals surface area (Å²) in [5, 5.41) is 6.01. The molecular weight excluding hydrogens is 358 g/mol. The zero-order chi connectivity index (χ0) is 19.8. The predicted molar refractivity (Wildman–Crippen MR) is 104 cm³/mol. The third kappa shape index (κ3) is 4.94. The minimum Gasteiger partial charge on any atom is -0.493 e. The summed E-state index contributed by atoms with van der Waals surface area (Å²) in [6.07, 6.45) is 4.81. The van der Waals surface area contributed by atoms with E-state index >= 15 is 0 Å². The highest BCUT2D eigenvalue weighted by Gasteiger charge is 2.10. The van der Waals surface area contributed by atoms with Gasteiger partial charge in [0, 0.05) is 31.5 Å². The summed E-state index contributed by atoms with van der Waals surface area (Å²) in [6.45, 7) is 0.912. The van der Waals surface area contributed by atoms with Crippen LogP contribution in [0.5, 0.6) is 11.5 Å². The number of amides is 1. The van der Waals surface area contributed by atoms with Crippen molar-refractivity contribution in [1.82, 2.24) is 20.3 Å². The summed E-state index contributed by atoms with van der Waals surface area (Å²) < 4.78 is 10.5. The molecule has 2 aromatic heterocycles. The van der Waals surface area contributed by atoms with Gasteiger partial charge in [0.15, 0.2) is 11.5 Å². The molecule has 0 aliphatic carbocycles. The highest BCUT2D eigenvalue weighted by Crippen LogP contribution is 2.27. The number of aromatic nitrogens is 3. The molecule has 0 spiro atoms. The van der Waals surface area contributed by atoms with Gasteiger partial charge in [-0.05, 0) is 35.4 Å². The standard InChI is InChI=1S/C20H21N5O3/c1-27-17-4-3-15(9-18(17)28-2)12-23-20(26)16-10-19(25-13-24-16)22-11-14-5-7-21-8-6-14/h3-10,13H,11-12H2,1-2H3,(H,23,26)(H,22,24,25). The zero-order valence-electron chi connectivity index (χ0n) is 15.7. The number of rotatable bonds is 8. The molecule has 0 unspecified atom stereocenters. The Bertz CT molecular complexity index is 934. The first-order valence-corrected chi connectivity index (χ1v) is 8.63. The van der Waals surface area contributed by atoms with Gasteiger partial charge in [-0.1, -0.05) is 6.07 Å². The number of methoxy groups -OCH3 is 2. The maximum atomic E-state index is 12.4. The number of benzene rings is 1. The predicted octanol–water partition coefficient (Wildman–Crippen LogP) is 2.43. The molecule has 0 saturated heterocycles. The van der Waals surface area contributed by atoms with E-state index in [1.807, 2.05) is 24.3 Å². The first-order valence-electron chi connectivity index (χ1n) is 8.63. The summed E-state index contributed by atoms with van der Waals surface area (Å²) in [4.78, 5) is 24.6. The summed E-state index contributed by atoms with van der Waals surface area (Å²) in [5.41, 5.74) is 2.23. The van der Waals surface area contributed by atoms with Gasteiger partial charge in [-0.3, -0.25) is 9.78 Å². The maximum absolute atomic E-state index is 12.4. The minimum atomic E-state index is -0.288. The van der Waals surface area contributed by atoms with Gasteiger partial charge in [-0.15, -0.1) is 0 Å². The number of carbonyl (C=O) groups excluding carboxylic acids is 1. The molecule has 2 heterocycles. The molecule has 0 fully saturated rings. The topological polar surface area (TPSA) is 98.3 Å². The second kappa shape index (κ2) is 9.31. The molecule has 0 saturated carbocycles. The number of nitrogens with zero attached hydrogens (tertiary/aromatic N) is 3. The van der Waals surface area contributed by atoms with Crippen LogP contribution in [0.3, 0.4) is 0 Å². The lowest BCUT2D eigenvalue weighted by Gasteiger charge is -2.10. The highest BCUT2D eigenvalue weighted by molar-refractivity contribution is 5.92. The molecule has 0 bridgehead atoms. The number of nitrogens with one attached hydrogen (secondary N) is 2. The molecule has 3 aromatic rings. The number of carbonyl (C=O) groups is 1. The van der Waals surface area contributed by atoms with Gasteiger partial charge in [0.05, 0.1) is 14.2 Å². The molecule has 0 aliphatic heterocycles. The first-order chi connectivity index (χ1) is 13.7. The molecule has 144 valence electrons. The molecular formula is C20H21N5O3. The quantitative estimate of drug-likeness (QED) is 0.620. The van der Waals surface area contributed by atoms with E-state index in [-0.39, 0.29) is 11.6 Å². The van der Waals surface area contributed by atoms with Crippen LogP contribution in [0.25, 0.3) is 0 Å². The fourth-order valence-electron chi connectivity index (χ4n) is 2.53. The maximum Gasteiger partial charge on any atom is 0.270 e. The largest absolute Gasteiger partial charge is 0.493 e. The monoisotopic (exact) mass is 379 g/mol. The Hall–Kier alpha value is -3.68. The normalized spacial score (nSPS) is 10.2. The van der Waals surface area contributed by atoms with Crippen molar-refractivity contribution in [2.45, 2.75) is 13.1 Å². The van der Waals surface area contributed by atoms with Gasteiger partial charge >= 0.3 is 0 Å². The van der Waals surface area contributed by atoms with Crippen LogP contribution >= 0.6 is 0 Å². The van der Waals surface area contributed by atoms with E-state index in [2.05, 4.69) is 25.6 Å². The Labute approximate surface area is 163 Å². The van der Waals surface area contributed by atoms with Crippen molar-refractivity contribution < 1.29 is 14.3 Å². The second-order valence-electron chi connectivity index (χ2n) is 5.87. The molecule has 0 aliphatic rings. The average Bonchev–Trinajstić information content (AvgIpc) is 2.76. The lowest BCUT2D eigenvalue weighted by Crippen LogP contribution is -2.24. The van der Waals surface area contributed by atoms with Crippen LogP contribution in [0.1, 0.15) is 21.6 Å². The van der Waals surface area contributed by atoms with Crippen LogP contribution in [0.4, 0.5) is 5.82 Å². The van der Waals surface area contributed by atoms with E-state index in [1.165, 1.54) is 6.33 Å². The lowest BCUT2D eigenvalue weighted by atomic mass is 10.2. The minimum absolute atomic E-state index is 0.285. The fraction of sp³-hybridized carbons (Fsp3) is 0.200. The van der Waals surface area contributed by atoms with E-state index < -0.39 is 0 Å². The molecule has 3 rings (SSSR count). The third-order valence-corrected chi connectivity index (χ3v) is 4.02. The lowest BCUT2D eigenvalue weighted by molar-refractivity contribution is 0.0945. The summed E-state index contributed by atoms with van der Waals surface area (Å²) >= 11 is 0. The van der Waals surface area contributed by atoms with E-state index in [1.54, 1.807) is 38.7 Å². The Kier molecular flexibility index (Phi) is 6.35. The summed E-state index contributed by atoms with van der Waals surface area (Å²) in [7, 11) is 3.15. The molecule has 0 atom stereocenters. The van der Waals surface area contributed by atoms with Crippen molar-refractivity contribution in [2.24, 2.45) is 0 Å². The Morgan fingerprint density at radius 1 is 0.929 bits per heavy atom. The van der Waals surface area contributed by atoms with E-state index in [0.29, 0.717) is 30.4 Å². The average molecular weight is 379 g/mol. The van der Waals surface area contributed by atoms with Crippen molar-refractivity contribution in [1.29, 1.82) is 0 Å². The van der Waals surface area contributed by atoms with Crippen molar-refractivity contribution >= 4 is 11.7 Å². The van der Waals surface area contributed by atoms with Gasteiger partial charge in [0.25, 0.3) is 5.91 Å². The van der Waals surface area contributed by atoms with Crippen LogP contribution in [0.2, 0.25) is 0 Å². The van der Waals surface area contributed by atoms with Crippen molar-refractivity contribution in [2.75, 3.05) is 19.5 Å². The van der Waals surface area contributed by atoms with Crippen molar-refractivity contribution in [3.8, 4) is 11.5 Å². The second-order valence-corrected chi connectivity index (χ2v) is 5.87.